The summed E-state index contributed by atoms with van der Waals surface area (Å²) in [5.74, 6) is 0.824. The summed E-state index contributed by atoms with van der Waals surface area (Å²) >= 11 is 6.41. The highest BCUT2D eigenvalue weighted by atomic mass is 35.5. The minimum atomic E-state index is -0.536. The monoisotopic (exact) mass is 357 g/mol. The second kappa shape index (κ2) is 7.49. The molecule has 0 bridgehead atoms. The fourth-order valence-corrected chi connectivity index (χ4v) is 3.90. The minimum absolute atomic E-state index is 0.0237. The van der Waals surface area contributed by atoms with Crippen LogP contribution in [0.3, 0.4) is 0 Å². The molecule has 0 spiro atoms. The van der Waals surface area contributed by atoms with Gasteiger partial charge in [-0.1, -0.05) is 42.6 Å². The lowest BCUT2D eigenvalue weighted by Crippen LogP contribution is -2.38. The number of rotatable bonds is 5. The van der Waals surface area contributed by atoms with Crippen LogP contribution in [0.4, 0.5) is 5.69 Å². The van der Waals surface area contributed by atoms with E-state index >= 15 is 0 Å². The van der Waals surface area contributed by atoms with E-state index in [4.69, 9.17) is 16.3 Å². The summed E-state index contributed by atoms with van der Waals surface area (Å²) in [6.45, 7) is 3.98. The highest BCUT2D eigenvalue weighted by molar-refractivity contribution is 6.31. The van der Waals surface area contributed by atoms with E-state index in [9.17, 15) is 4.79 Å². The fourth-order valence-electron chi connectivity index (χ4n) is 3.59. The Kier molecular flexibility index (Phi) is 5.33. The van der Waals surface area contributed by atoms with Crippen LogP contribution < -0.4 is 10.1 Å². The van der Waals surface area contributed by atoms with Crippen molar-refractivity contribution in [2.24, 2.45) is 0 Å². The maximum absolute atomic E-state index is 13.2. The average Bonchev–Trinajstić information content (AvgIpc) is 3.07. The summed E-state index contributed by atoms with van der Waals surface area (Å²) in [6, 6.07) is 15.2. The zero-order valence-electron chi connectivity index (χ0n) is 14.7. The molecule has 3 rings (SSSR count). The van der Waals surface area contributed by atoms with E-state index in [1.165, 1.54) is 0 Å². The molecule has 1 N–H and O–H groups in total. The van der Waals surface area contributed by atoms with E-state index in [0.29, 0.717) is 5.02 Å². The predicted octanol–water partition coefficient (Wildman–Crippen LogP) is 5.58. The largest absolute Gasteiger partial charge is 0.491 e. The van der Waals surface area contributed by atoms with Gasteiger partial charge in [-0.3, -0.25) is 4.79 Å². The zero-order valence-corrected chi connectivity index (χ0v) is 15.5. The van der Waals surface area contributed by atoms with Crippen LogP contribution in [0, 0.1) is 0 Å². The Bertz CT molecular complexity index is 734. The molecule has 0 aromatic heterocycles. The molecule has 0 aliphatic heterocycles. The second-order valence-electron chi connectivity index (χ2n) is 6.91. The number of hydrogen-bond donors (Lipinski definition) is 1. The molecule has 1 fully saturated rings. The molecule has 132 valence electrons. The topological polar surface area (TPSA) is 38.3 Å². The van der Waals surface area contributed by atoms with Crippen LogP contribution in [0.25, 0.3) is 0 Å². The molecule has 0 atom stereocenters. The van der Waals surface area contributed by atoms with Crippen LogP contribution in [-0.2, 0) is 10.2 Å². The Balaban J connectivity index is 1.81. The van der Waals surface area contributed by atoms with E-state index in [0.717, 1.165) is 42.7 Å². The third-order valence-electron chi connectivity index (χ3n) is 4.77. The van der Waals surface area contributed by atoms with E-state index in [1.807, 2.05) is 62.4 Å². The molecule has 2 aromatic rings. The molecular formula is C21H24ClNO2. The van der Waals surface area contributed by atoms with Gasteiger partial charge in [0.05, 0.1) is 11.5 Å². The lowest BCUT2D eigenvalue weighted by molar-refractivity contribution is -0.121. The molecule has 4 heteroatoms. The SMILES string of the molecule is CC(C)Oc1ccc(NC(=O)C2(c3ccccc3Cl)CCCC2)cc1. The van der Waals surface area contributed by atoms with Gasteiger partial charge in [0.2, 0.25) is 5.91 Å². The molecule has 3 nitrogen and oxygen atoms in total. The van der Waals surface area contributed by atoms with Gasteiger partial charge in [0, 0.05) is 10.7 Å². The Labute approximate surface area is 154 Å². The van der Waals surface area contributed by atoms with Crippen molar-refractivity contribution < 1.29 is 9.53 Å². The first-order chi connectivity index (χ1) is 12.0. The minimum Gasteiger partial charge on any atom is -0.491 e. The summed E-state index contributed by atoms with van der Waals surface area (Å²) in [5.41, 5.74) is 1.18. The number of carbonyl (C=O) groups is 1. The van der Waals surface area contributed by atoms with Crippen LogP contribution in [-0.4, -0.2) is 12.0 Å². The highest BCUT2D eigenvalue weighted by Gasteiger charge is 2.43. The van der Waals surface area contributed by atoms with Gasteiger partial charge in [0.15, 0.2) is 0 Å². The van der Waals surface area contributed by atoms with Crippen LogP contribution in [0.1, 0.15) is 45.1 Å². The number of nitrogens with one attached hydrogen (secondary N) is 1. The first-order valence-electron chi connectivity index (χ1n) is 8.84. The molecule has 25 heavy (non-hydrogen) atoms. The number of benzene rings is 2. The summed E-state index contributed by atoms with van der Waals surface area (Å²) in [7, 11) is 0. The predicted molar refractivity (Wildman–Crippen MR) is 102 cm³/mol. The third kappa shape index (κ3) is 3.82. The Morgan fingerprint density at radius 1 is 1.08 bits per heavy atom. The molecule has 0 heterocycles. The maximum Gasteiger partial charge on any atom is 0.235 e. The van der Waals surface area contributed by atoms with Crippen molar-refractivity contribution in [2.45, 2.75) is 51.0 Å². The first-order valence-corrected chi connectivity index (χ1v) is 9.22. The average molecular weight is 358 g/mol. The van der Waals surface area contributed by atoms with Crippen molar-refractivity contribution >= 4 is 23.2 Å². The lowest BCUT2D eigenvalue weighted by Gasteiger charge is -2.29. The van der Waals surface area contributed by atoms with Crippen LogP contribution in [0.2, 0.25) is 5.02 Å². The Morgan fingerprint density at radius 3 is 2.32 bits per heavy atom. The first kappa shape index (κ1) is 17.8. The van der Waals surface area contributed by atoms with Gasteiger partial charge in [-0.25, -0.2) is 0 Å². The summed E-state index contributed by atoms with van der Waals surface area (Å²) < 4.78 is 5.65. The van der Waals surface area contributed by atoms with E-state index in [-0.39, 0.29) is 12.0 Å². The summed E-state index contributed by atoms with van der Waals surface area (Å²) in [5, 5.41) is 3.74. The van der Waals surface area contributed by atoms with Crippen molar-refractivity contribution in [3.05, 3.63) is 59.1 Å². The standard InChI is InChI=1S/C21H24ClNO2/c1-15(2)25-17-11-9-16(10-12-17)23-20(24)21(13-5-6-14-21)18-7-3-4-8-19(18)22/h3-4,7-12,15H,5-6,13-14H2,1-2H3,(H,23,24). The van der Waals surface area contributed by atoms with Gasteiger partial charge in [0.1, 0.15) is 5.75 Å². The summed E-state index contributed by atoms with van der Waals surface area (Å²) in [4.78, 5) is 13.2. The number of halogens is 1. The number of anilines is 1. The van der Waals surface area contributed by atoms with Gasteiger partial charge in [0.25, 0.3) is 0 Å². The molecule has 0 saturated heterocycles. The van der Waals surface area contributed by atoms with E-state index < -0.39 is 5.41 Å². The molecule has 1 aliphatic rings. The van der Waals surface area contributed by atoms with Crippen molar-refractivity contribution in [2.75, 3.05) is 5.32 Å². The molecule has 1 amide bonds. The van der Waals surface area contributed by atoms with Crippen LogP contribution >= 0.6 is 11.6 Å². The smallest absolute Gasteiger partial charge is 0.235 e. The van der Waals surface area contributed by atoms with Crippen molar-refractivity contribution in [1.29, 1.82) is 0 Å². The molecule has 1 aliphatic carbocycles. The van der Waals surface area contributed by atoms with Crippen LogP contribution in [0.5, 0.6) is 5.75 Å². The number of carbonyl (C=O) groups excluding carboxylic acids is 1. The van der Waals surface area contributed by atoms with Crippen molar-refractivity contribution in [3.63, 3.8) is 0 Å². The van der Waals surface area contributed by atoms with Crippen LogP contribution in [0.15, 0.2) is 48.5 Å². The van der Waals surface area contributed by atoms with Gasteiger partial charge in [-0.15, -0.1) is 0 Å². The maximum atomic E-state index is 13.2. The zero-order chi connectivity index (χ0) is 17.9. The molecule has 0 unspecified atom stereocenters. The lowest BCUT2D eigenvalue weighted by atomic mass is 9.78. The molecule has 2 aromatic carbocycles. The van der Waals surface area contributed by atoms with Crippen molar-refractivity contribution in [1.82, 2.24) is 0 Å². The van der Waals surface area contributed by atoms with E-state index in [1.54, 1.807) is 0 Å². The van der Waals surface area contributed by atoms with Gasteiger partial charge < -0.3 is 10.1 Å². The van der Waals surface area contributed by atoms with Crippen molar-refractivity contribution in [3.8, 4) is 5.75 Å². The second-order valence-corrected chi connectivity index (χ2v) is 7.32. The van der Waals surface area contributed by atoms with Gasteiger partial charge >= 0.3 is 0 Å². The highest BCUT2D eigenvalue weighted by Crippen LogP contribution is 2.44. The fraction of sp³-hybridized carbons (Fsp3) is 0.381. The normalized spacial score (nSPS) is 16.0. The Morgan fingerprint density at radius 2 is 1.72 bits per heavy atom. The molecule has 1 saturated carbocycles. The number of hydrogen-bond acceptors (Lipinski definition) is 2. The number of ether oxygens (including phenoxy) is 1. The van der Waals surface area contributed by atoms with Gasteiger partial charge in [-0.05, 0) is 62.6 Å². The number of amides is 1. The van der Waals surface area contributed by atoms with Gasteiger partial charge in [-0.2, -0.15) is 0 Å². The molecular weight excluding hydrogens is 334 g/mol. The van der Waals surface area contributed by atoms with E-state index in [2.05, 4.69) is 5.32 Å². The third-order valence-corrected chi connectivity index (χ3v) is 5.09. The molecule has 0 radical (unpaired) electrons. The quantitative estimate of drug-likeness (QED) is 0.758. The summed E-state index contributed by atoms with van der Waals surface area (Å²) in [6.07, 6.45) is 3.87. The Hall–Kier alpha value is -2.00.